The van der Waals surface area contributed by atoms with Crippen molar-refractivity contribution in [3.05, 3.63) is 6.92 Å². The molecule has 0 aliphatic heterocycles. The van der Waals surface area contributed by atoms with Crippen molar-refractivity contribution in [2.24, 2.45) is 0 Å². The van der Waals surface area contributed by atoms with Crippen LogP contribution in [0.4, 0.5) is 0 Å². The van der Waals surface area contributed by atoms with Gasteiger partial charge in [-0.1, -0.05) is 64.7 Å². The predicted molar refractivity (Wildman–Crippen MR) is 101 cm³/mol. The van der Waals surface area contributed by atoms with Crippen molar-refractivity contribution < 1.29 is 62.0 Å². The Kier molecular flexibility index (Phi) is 24.0. The minimum atomic E-state index is -4.78. The largest absolute Gasteiger partial charge is 1.00 e. The van der Waals surface area contributed by atoms with Crippen LogP contribution in [0.5, 0.6) is 0 Å². The number of carbonyl (C=O) groups excluding carboxylic acids is 1. The quantitative estimate of drug-likeness (QED) is 0.134. The fraction of sp³-hybridized carbons (Fsp3) is 0.833. The summed E-state index contributed by atoms with van der Waals surface area (Å²) < 4.78 is 35.6. The fourth-order valence-electron chi connectivity index (χ4n) is 2.32. The van der Waals surface area contributed by atoms with Crippen molar-refractivity contribution in [1.82, 2.24) is 0 Å². The third kappa shape index (κ3) is 20.4. The summed E-state index contributed by atoms with van der Waals surface area (Å²) in [6, 6.07) is 0. The summed E-state index contributed by atoms with van der Waals surface area (Å²) >= 11 is 0. The number of hydrogen-bond donors (Lipinski definition) is 2. The van der Waals surface area contributed by atoms with Crippen LogP contribution in [-0.2, 0) is 24.4 Å². The van der Waals surface area contributed by atoms with Gasteiger partial charge >= 0.3 is 41.5 Å². The Morgan fingerprint density at radius 1 is 0.926 bits per heavy atom. The fourth-order valence-corrected chi connectivity index (χ4v) is 2.99. The molecule has 0 amide bonds. The third-order valence-corrected chi connectivity index (χ3v) is 4.80. The Morgan fingerprint density at radius 2 is 1.33 bits per heavy atom. The molecule has 0 saturated heterocycles. The van der Waals surface area contributed by atoms with Crippen molar-refractivity contribution in [2.75, 3.05) is 6.61 Å². The van der Waals surface area contributed by atoms with Crippen molar-refractivity contribution in [3.8, 4) is 0 Å². The molecule has 1 unspecified atom stereocenters. The predicted octanol–water partition coefficient (Wildman–Crippen LogP) is 1.03. The molecule has 0 saturated carbocycles. The monoisotopic (exact) mass is 418 g/mol. The average molecular weight is 419 g/mol. The number of aliphatic carboxylic acids is 1. The molecule has 0 spiro atoms. The summed E-state index contributed by atoms with van der Waals surface area (Å²) in [4.78, 5) is 22.1. The van der Waals surface area contributed by atoms with Crippen LogP contribution in [0.1, 0.15) is 84.5 Å². The van der Waals surface area contributed by atoms with E-state index in [2.05, 4.69) is 13.8 Å². The van der Waals surface area contributed by atoms with Crippen LogP contribution >= 0.6 is 0 Å². The van der Waals surface area contributed by atoms with Gasteiger partial charge in [0.15, 0.2) is 5.25 Å². The molecular weight excluding hydrogens is 383 g/mol. The number of rotatable bonds is 15. The van der Waals surface area contributed by atoms with Gasteiger partial charge in [0.1, 0.15) is 0 Å². The first-order chi connectivity index (χ1) is 12.3. The van der Waals surface area contributed by atoms with E-state index in [-0.39, 0.29) is 36.2 Å². The number of carboxylic acid groups (broad SMARTS) is 1. The zero-order valence-corrected chi connectivity index (χ0v) is 19.9. The maximum Gasteiger partial charge on any atom is 1.00 e. The number of ether oxygens (including phenoxy) is 1. The molecule has 1 atom stereocenters. The standard InChI is InChI=1S/C16H30O7S.C2H5.Na/c1-2-3-4-5-6-7-8-9-10-11-12-23-16(19)14(13-15(17)18)24(20,21)22;1-2;/h14H,2-13H2,1H3,(H,17,18)(H,20,21,22);1H2,2H3;/q;-1;+1. The van der Waals surface area contributed by atoms with E-state index in [1.165, 1.54) is 38.5 Å². The summed E-state index contributed by atoms with van der Waals surface area (Å²) in [5, 5.41) is 6.52. The number of esters is 1. The Hall–Kier alpha value is -0.150. The molecule has 0 bridgehead atoms. The van der Waals surface area contributed by atoms with Crippen LogP contribution in [0, 0.1) is 6.92 Å². The summed E-state index contributed by atoms with van der Waals surface area (Å²) in [5.74, 6) is -2.70. The van der Waals surface area contributed by atoms with Crippen molar-refractivity contribution in [2.45, 2.75) is 89.7 Å². The van der Waals surface area contributed by atoms with Gasteiger partial charge in [-0.05, 0) is 6.42 Å². The molecule has 0 fully saturated rings. The Balaban J connectivity index is -0.00000185. The molecule has 0 aromatic carbocycles. The summed E-state index contributed by atoms with van der Waals surface area (Å²) in [6.45, 7) is 7.22. The van der Waals surface area contributed by atoms with E-state index in [0.717, 1.165) is 19.3 Å². The van der Waals surface area contributed by atoms with Crippen LogP contribution < -0.4 is 29.6 Å². The molecule has 0 aliphatic rings. The van der Waals surface area contributed by atoms with Crippen LogP contribution in [0.15, 0.2) is 0 Å². The Bertz CT molecular complexity index is 466. The van der Waals surface area contributed by atoms with E-state index in [9.17, 15) is 18.0 Å². The molecule has 9 heteroatoms. The number of carboxylic acids is 1. The van der Waals surface area contributed by atoms with E-state index in [1.54, 1.807) is 6.92 Å². The zero-order chi connectivity index (χ0) is 20.4. The first kappa shape index (κ1) is 31.5. The van der Waals surface area contributed by atoms with Crippen LogP contribution in [0.25, 0.3) is 0 Å². The van der Waals surface area contributed by atoms with E-state index < -0.39 is 33.7 Å². The molecule has 27 heavy (non-hydrogen) atoms. The van der Waals surface area contributed by atoms with Gasteiger partial charge in [-0.25, -0.2) is 0 Å². The SMILES string of the molecule is CCCCCCCCCCCCOC(=O)C(CC(=O)O)S(=O)(=O)O.[CH2-]C.[Na+]. The van der Waals surface area contributed by atoms with Gasteiger partial charge in [-0.2, -0.15) is 15.3 Å². The van der Waals surface area contributed by atoms with Crippen molar-refractivity contribution >= 4 is 22.1 Å². The Labute approximate surface area is 186 Å². The van der Waals surface area contributed by atoms with E-state index >= 15 is 0 Å². The summed E-state index contributed by atoms with van der Waals surface area (Å²) in [6.07, 6.45) is 10.1. The first-order valence-electron chi connectivity index (χ1n) is 9.34. The second kappa shape index (κ2) is 20.6. The molecule has 156 valence electrons. The van der Waals surface area contributed by atoms with Gasteiger partial charge in [0.2, 0.25) is 0 Å². The Morgan fingerprint density at radius 3 is 1.70 bits per heavy atom. The molecular formula is C18H35NaO7S. The normalized spacial score (nSPS) is 11.6. The molecule has 0 heterocycles. The van der Waals surface area contributed by atoms with Gasteiger partial charge in [-0.15, -0.1) is 0 Å². The summed E-state index contributed by atoms with van der Waals surface area (Å²) in [5.41, 5.74) is 0. The van der Waals surface area contributed by atoms with Gasteiger partial charge in [0, 0.05) is 0 Å². The molecule has 2 N–H and O–H groups in total. The van der Waals surface area contributed by atoms with E-state index in [1.807, 2.05) is 0 Å². The van der Waals surface area contributed by atoms with Gasteiger partial charge in [0.05, 0.1) is 13.0 Å². The second-order valence-corrected chi connectivity index (χ2v) is 7.55. The smallest absolute Gasteiger partial charge is 0.481 e. The summed E-state index contributed by atoms with van der Waals surface area (Å²) in [7, 11) is -4.78. The van der Waals surface area contributed by atoms with Crippen LogP contribution in [-0.4, -0.2) is 41.9 Å². The molecule has 7 nitrogen and oxygen atoms in total. The molecule has 0 aromatic rings. The molecule has 0 aliphatic carbocycles. The zero-order valence-electron chi connectivity index (χ0n) is 17.1. The first-order valence-corrected chi connectivity index (χ1v) is 10.8. The van der Waals surface area contributed by atoms with Crippen molar-refractivity contribution in [1.29, 1.82) is 0 Å². The maximum atomic E-state index is 11.6. The number of unbranched alkanes of at least 4 members (excludes halogenated alkanes) is 9. The second-order valence-electron chi connectivity index (χ2n) is 5.95. The number of hydrogen-bond acceptors (Lipinski definition) is 5. The van der Waals surface area contributed by atoms with Gasteiger partial charge in [-0.3, -0.25) is 14.1 Å². The topological polar surface area (TPSA) is 118 Å². The van der Waals surface area contributed by atoms with Gasteiger partial charge < -0.3 is 16.8 Å². The molecule has 0 aromatic heterocycles. The minimum absolute atomic E-state index is 0. The van der Waals surface area contributed by atoms with Crippen LogP contribution in [0.2, 0.25) is 0 Å². The van der Waals surface area contributed by atoms with Crippen LogP contribution in [0.3, 0.4) is 0 Å². The molecule has 0 rings (SSSR count). The third-order valence-electron chi connectivity index (χ3n) is 3.72. The van der Waals surface area contributed by atoms with Gasteiger partial charge in [0.25, 0.3) is 10.1 Å². The average Bonchev–Trinajstić information content (AvgIpc) is 2.58. The molecule has 0 radical (unpaired) electrons. The van der Waals surface area contributed by atoms with E-state index in [0.29, 0.717) is 6.42 Å². The minimum Gasteiger partial charge on any atom is -0.481 e. The van der Waals surface area contributed by atoms with Crippen molar-refractivity contribution in [3.63, 3.8) is 0 Å². The number of carbonyl (C=O) groups is 2. The van der Waals surface area contributed by atoms with E-state index in [4.69, 9.17) is 14.4 Å². The maximum absolute atomic E-state index is 11.6.